The number of nitrogens with zero attached hydrogens (tertiary/aromatic N) is 2. The fraction of sp³-hybridized carbons (Fsp3) is 0.200. The highest BCUT2D eigenvalue weighted by Gasteiger charge is 2.48. The molecule has 2 N–H and O–H groups in total. The zero-order valence-electron chi connectivity index (χ0n) is 18.3. The molecule has 2 aromatic carbocycles. The molecular formula is C25H20F2N4O3S. The van der Waals surface area contributed by atoms with Crippen LogP contribution in [0.4, 0.5) is 14.5 Å². The van der Waals surface area contributed by atoms with Gasteiger partial charge in [-0.2, -0.15) is 0 Å². The molecule has 2 atom stereocenters. The fourth-order valence-corrected chi connectivity index (χ4v) is 5.26. The second-order valence-corrected chi connectivity index (χ2v) is 9.24. The highest BCUT2D eigenvalue weighted by atomic mass is 32.2. The molecule has 3 heterocycles. The number of hydrogen-bond acceptors (Lipinski definition) is 6. The molecule has 10 heteroatoms. The van der Waals surface area contributed by atoms with Crippen molar-refractivity contribution in [3.63, 3.8) is 0 Å². The summed E-state index contributed by atoms with van der Waals surface area (Å²) in [6, 6.07) is 15.3. The minimum atomic E-state index is -0.916. The maximum atomic E-state index is 14.7. The molecule has 0 spiro atoms. The largest absolute Gasteiger partial charge is 0.378 e. The van der Waals surface area contributed by atoms with Gasteiger partial charge in [-0.25, -0.2) is 18.8 Å². The van der Waals surface area contributed by atoms with Gasteiger partial charge in [-0.1, -0.05) is 30.0 Å². The van der Waals surface area contributed by atoms with Crippen LogP contribution in [-0.4, -0.2) is 40.9 Å². The van der Waals surface area contributed by atoms with E-state index in [1.54, 1.807) is 30.3 Å². The number of halogens is 2. The smallest absolute Gasteiger partial charge is 0.274 e. The molecule has 0 unspecified atom stereocenters. The molecular weight excluding hydrogens is 474 g/mol. The predicted octanol–water partition coefficient (Wildman–Crippen LogP) is 3.99. The van der Waals surface area contributed by atoms with Crippen molar-refractivity contribution in [3.8, 4) is 0 Å². The van der Waals surface area contributed by atoms with Gasteiger partial charge in [-0.05, 0) is 48.0 Å². The van der Waals surface area contributed by atoms with E-state index in [-0.39, 0.29) is 29.8 Å². The Morgan fingerprint density at radius 1 is 1.00 bits per heavy atom. The average molecular weight is 495 g/mol. The molecule has 0 bridgehead atoms. The minimum absolute atomic E-state index is 0.00421. The first kappa shape index (κ1) is 23.1. The highest BCUT2D eigenvalue weighted by Crippen LogP contribution is 2.45. The third-order valence-electron chi connectivity index (χ3n) is 5.91. The number of anilines is 1. The Balaban J connectivity index is 1.44. The van der Waals surface area contributed by atoms with E-state index in [9.17, 15) is 18.4 Å². The Hall–Kier alpha value is -3.63. The lowest BCUT2D eigenvalue weighted by Gasteiger charge is -2.35. The van der Waals surface area contributed by atoms with Crippen LogP contribution in [0.5, 0.6) is 0 Å². The SMILES string of the molecule is O=C(NC1=N[C@@]2(c3cc(F)cc(NC(=O)c4ccc(F)cn4)c3)COC[C@H]2CS1)c1ccccc1. The number of rotatable bonds is 4. The van der Waals surface area contributed by atoms with Gasteiger partial charge >= 0.3 is 0 Å². The van der Waals surface area contributed by atoms with Gasteiger partial charge in [0.25, 0.3) is 11.8 Å². The van der Waals surface area contributed by atoms with Gasteiger partial charge in [-0.15, -0.1) is 0 Å². The summed E-state index contributed by atoms with van der Waals surface area (Å²) in [6.45, 7) is 0.646. The Kier molecular flexibility index (Phi) is 6.31. The van der Waals surface area contributed by atoms with Gasteiger partial charge in [0.05, 0.1) is 19.4 Å². The zero-order chi connectivity index (χ0) is 24.4. The van der Waals surface area contributed by atoms with Crippen molar-refractivity contribution < 1.29 is 23.1 Å². The van der Waals surface area contributed by atoms with Crippen LogP contribution in [0.2, 0.25) is 0 Å². The van der Waals surface area contributed by atoms with E-state index >= 15 is 0 Å². The van der Waals surface area contributed by atoms with E-state index < -0.39 is 23.1 Å². The van der Waals surface area contributed by atoms with Gasteiger partial charge in [0.2, 0.25) is 0 Å². The minimum Gasteiger partial charge on any atom is -0.378 e. The number of thioether (sulfide) groups is 1. The number of aromatic nitrogens is 1. The molecule has 0 radical (unpaired) electrons. The monoisotopic (exact) mass is 494 g/mol. The second-order valence-electron chi connectivity index (χ2n) is 8.23. The van der Waals surface area contributed by atoms with Crippen LogP contribution in [0.3, 0.4) is 0 Å². The Morgan fingerprint density at radius 3 is 2.60 bits per heavy atom. The molecule has 2 aliphatic rings. The van der Waals surface area contributed by atoms with E-state index in [0.717, 1.165) is 12.3 Å². The Labute approximate surface area is 204 Å². The first-order valence-electron chi connectivity index (χ1n) is 10.8. The summed E-state index contributed by atoms with van der Waals surface area (Å²) in [6.07, 6.45) is 0.936. The maximum Gasteiger partial charge on any atom is 0.274 e. The molecule has 1 saturated heterocycles. The van der Waals surface area contributed by atoms with Gasteiger partial charge in [0.1, 0.15) is 22.9 Å². The number of carbonyl (C=O) groups is 2. The topological polar surface area (TPSA) is 92.7 Å². The lowest BCUT2D eigenvalue weighted by atomic mass is 9.81. The van der Waals surface area contributed by atoms with E-state index in [4.69, 9.17) is 9.73 Å². The quantitative estimate of drug-likeness (QED) is 0.572. The van der Waals surface area contributed by atoms with E-state index in [2.05, 4.69) is 15.6 Å². The number of benzene rings is 2. The maximum absolute atomic E-state index is 14.7. The summed E-state index contributed by atoms with van der Waals surface area (Å²) in [7, 11) is 0. The van der Waals surface area contributed by atoms with E-state index in [1.165, 1.54) is 30.0 Å². The number of aliphatic imine (C=N–C) groups is 1. The first-order chi connectivity index (χ1) is 16.9. The average Bonchev–Trinajstić information content (AvgIpc) is 3.29. The molecule has 2 amide bonds. The Bertz CT molecular complexity index is 1300. The van der Waals surface area contributed by atoms with Crippen LogP contribution in [0.1, 0.15) is 26.4 Å². The summed E-state index contributed by atoms with van der Waals surface area (Å²) in [5.41, 5.74) is 0.309. The summed E-state index contributed by atoms with van der Waals surface area (Å²) >= 11 is 1.41. The van der Waals surface area contributed by atoms with Gasteiger partial charge in [0, 0.05) is 22.9 Å². The number of amidine groups is 1. The van der Waals surface area contributed by atoms with Crippen molar-refractivity contribution in [2.24, 2.45) is 10.9 Å². The fourth-order valence-electron chi connectivity index (χ4n) is 4.14. The van der Waals surface area contributed by atoms with Crippen molar-refractivity contribution in [1.82, 2.24) is 10.3 Å². The number of fused-ring (bicyclic) bond motifs is 1. The lowest BCUT2D eigenvalue weighted by Crippen LogP contribution is -2.42. The van der Waals surface area contributed by atoms with Crippen molar-refractivity contribution >= 4 is 34.4 Å². The number of carbonyl (C=O) groups excluding carboxylic acids is 2. The summed E-state index contributed by atoms with van der Waals surface area (Å²) in [4.78, 5) is 33.8. The van der Waals surface area contributed by atoms with Crippen molar-refractivity contribution in [3.05, 3.63) is 95.3 Å². The first-order valence-corrected chi connectivity index (χ1v) is 11.8. The van der Waals surface area contributed by atoms with Crippen molar-refractivity contribution in [2.45, 2.75) is 5.54 Å². The summed E-state index contributed by atoms with van der Waals surface area (Å²) < 4.78 is 33.6. The van der Waals surface area contributed by atoms with Crippen LogP contribution in [0.15, 0.2) is 71.9 Å². The summed E-state index contributed by atoms with van der Waals surface area (Å²) in [5, 5.41) is 5.88. The number of amides is 2. The van der Waals surface area contributed by atoms with Crippen molar-refractivity contribution in [2.75, 3.05) is 24.3 Å². The number of ether oxygens (including phenoxy) is 1. The highest BCUT2D eigenvalue weighted by molar-refractivity contribution is 8.13. The molecule has 2 aliphatic heterocycles. The molecule has 1 fully saturated rings. The standard InChI is InChI=1S/C25H20F2N4O3S/c26-18-6-7-21(28-11-18)23(33)29-20-9-16(8-19(27)10-20)25-14-34-12-17(25)13-35-24(31-25)30-22(32)15-4-2-1-3-5-15/h1-11,17H,12-14H2,(H,29,33)(H,30,31,32)/t17-,25+/m0/s1. The number of nitrogens with one attached hydrogen (secondary N) is 2. The van der Waals surface area contributed by atoms with E-state index in [1.807, 2.05) is 6.07 Å². The summed E-state index contributed by atoms with van der Waals surface area (Å²) in [5.74, 6) is -1.45. The molecule has 0 saturated carbocycles. The third-order valence-corrected chi connectivity index (χ3v) is 6.95. The number of pyridine rings is 1. The molecule has 5 rings (SSSR count). The van der Waals surface area contributed by atoms with Crippen molar-refractivity contribution in [1.29, 1.82) is 0 Å². The van der Waals surface area contributed by atoms with Crippen LogP contribution in [-0.2, 0) is 10.3 Å². The van der Waals surface area contributed by atoms with Gasteiger partial charge in [0.15, 0.2) is 5.17 Å². The zero-order valence-corrected chi connectivity index (χ0v) is 19.1. The number of hydrogen-bond donors (Lipinski definition) is 2. The normalized spacial score (nSPS) is 21.1. The lowest BCUT2D eigenvalue weighted by molar-refractivity contribution is 0.0975. The Morgan fingerprint density at radius 2 is 1.83 bits per heavy atom. The third kappa shape index (κ3) is 4.80. The molecule has 35 heavy (non-hydrogen) atoms. The molecule has 7 nitrogen and oxygen atoms in total. The van der Waals surface area contributed by atoms with Crippen LogP contribution in [0, 0.1) is 17.6 Å². The molecule has 0 aliphatic carbocycles. The van der Waals surface area contributed by atoms with Gasteiger partial charge in [-0.3, -0.25) is 9.59 Å². The molecule has 3 aromatic rings. The van der Waals surface area contributed by atoms with Gasteiger partial charge < -0.3 is 15.4 Å². The van der Waals surface area contributed by atoms with Crippen LogP contribution in [0.25, 0.3) is 0 Å². The predicted molar refractivity (Wildman–Crippen MR) is 128 cm³/mol. The molecule has 178 valence electrons. The second kappa shape index (κ2) is 9.55. The van der Waals surface area contributed by atoms with Crippen LogP contribution < -0.4 is 10.6 Å². The van der Waals surface area contributed by atoms with Crippen LogP contribution >= 0.6 is 11.8 Å². The molecule has 1 aromatic heterocycles. The van der Waals surface area contributed by atoms with E-state index in [0.29, 0.717) is 28.7 Å².